The number of benzene rings is 1. The van der Waals surface area contributed by atoms with Gasteiger partial charge in [-0.3, -0.25) is 9.69 Å². The molecule has 0 bridgehead atoms. The average molecular weight is 315 g/mol. The fourth-order valence-electron chi connectivity index (χ4n) is 1.94. The van der Waals surface area contributed by atoms with E-state index in [4.69, 9.17) is 0 Å². The van der Waals surface area contributed by atoms with E-state index >= 15 is 0 Å². The summed E-state index contributed by atoms with van der Waals surface area (Å²) < 4.78 is 8.44. The summed E-state index contributed by atoms with van der Waals surface area (Å²) in [5, 5.41) is 2.96. The summed E-state index contributed by atoms with van der Waals surface area (Å²) >= 11 is 1.16. The van der Waals surface area contributed by atoms with Gasteiger partial charge in [0.2, 0.25) is 5.91 Å². The number of fused-ring (bicyclic) bond motifs is 1. The molecule has 0 saturated heterocycles. The second-order valence-corrected chi connectivity index (χ2v) is 4.93. The zero-order chi connectivity index (χ0) is 13.8. The molecule has 2 aromatic rings. The number of hydrogen-bond donors (Lipinski definition) is 1. The number of amides is 1. The molecule has 0 fully saturated rings. The van der Waals surface area contributed by atoms with Gasteiger partial charge in [-0.05, 0) is 31.6 Å². The van der Waals surface area contributed by atoms with Crippen LogP contribution < -0.4 is 5.32 Å². The molecule has 1 aromatic heterocycles. The smallest absolute Gasteiger partial charge is 0.238 e. The molecule has 0 radical (unpaired) electrons. The minimum Gasteiger partial charge on any atom is -0.323 e. The number of rotatable bonds is 5. The zero-order valence-electron chi connectivity index (χ0n) is 11.8. The first-order valence-corrected chi connectivity index (χ1v) is 7.12. The van der Waals surface area contributed by atoms with E-state index in [-0.39, 0.29) is 18.3 Å². The molecule has 1 aromatic carbocycles. The molecule has 0 aliphatic heterocycles. The van der Waals surface area contributed by atoms with Crippen LogP contribution in [0.15, 0.2) is 12.1 Å². The lowest BCUT2D eigenvalue weighted by Crippen LogP contribution is -2.33. The number of nitrogens with one attached hydrogen (secondary N) is 1. The standard InChI is InChI=1S/C13H18N4OS.ClH/c1-4-17(5-2)8-11(18)14-12-9(3)6-7-10-13(12)16-19-15-10;/h6-7H,4-5,8H2,1-3H3,(H,14,18);1H. The molecule has 0 aliphatic rings. The SMILES string of the molecule is CCN(CC)CC(=O)Nc1c(C)ccc2nsnc12.Cl. The molecule has 2 rings (SSSR count). The summed E-state index contributed by atoms with van der Waals surface area (Å²) in [4.78, 5) is 14.1. The third kappa shape index (κ3) is 3.65. The number of carbonyl (C=O) groups excluding carboxylic acids is 1. The Kier molecular flexibility index (Phi) is 6.32. The lowest BCUT2D eigenvalue weighted by atomic mass is 10.1. The van der Waals surface area contributed by atoms with E-state index in [9.17, 15) is 4.79 Å². The largest absolute Gasteiger partial charge is 0.323 e. The number of carbonyl (C=O) groups is 1. The minimum absolute atomic E-state index is 0. The first-order valence-electron chi connectivity index (χ1n) is 6.39. The van der Waals surface area contributed by atoms with E-state index in [0.717, 1.165) is 47.1 Å². The van der Waals surface area contributed by atoms with Crippen molar-refractivity contribution in [2.24, 2.45) is 0 Å². The maximum Gasteiger partial charge on any atom is 0.238 e. The van der Waals surface area contributed by atoms with Crippen LogP contribution in [0.3, 0.4) is 0 Å². The maximum absolute atomic E-state index is 12.1. The number of aromatic nitrogens is 2. The highest BCUT2D eigenvalue weighted by Gasteiger charge is 2.13. The van der Waals surface area contributed by atoms with Crippen molar-refractivity contribution in [1.82, 2.24) is 13.6 Å². The van der Waals surface area contributed by atoms with Gasteiger partial charge in [0.25, 0.3) is 0 Å². The quantitative estimate of drug-likeness (QED) is 0.922. The molecule has 110 valence electrons. The van der Waals surface area contributed by atoms with Crippen molar-refractivity contribution < 1.29 is 4.79 Å². The maximum atomic E-state index is 12.1. The Bertz CT molecular complexity index is 583. The summed E-state index contributed by atoms with van der Waals surface area (Å²) in [7, 11) is 0. The van der Waals surface area contributed by atoms with E-state index in [1.54, 1.807) is 0 Å². The molecule has 20 heavy (non-hydrogen) atoms. The molecule has 7 heteroatoms. The van der Waals surface area contributed by atoms with Gasteiger partial charge < -0.3 is 5.32 Å². The number of anilines is 1. The molecular formula is C13H19ClN4OS. The number of hydrogen-bond acceptors (Lipinski definition) is 5. The van der Waals surface area contributed by atoms with E-state index in [2.05, 4.69) is 19.0 Å². The average Bonchev–Trinajstić information content (AvgIpc) is 2.88. The van der Waals surface area contributed by atoms with Crippen LogP contribution in [0.4, 0.5) is 5.69 Å². The molecular weight excluding hydrogens is 296 g/mol. The number of halogens is 1. The normalized spacial score (nSPS) is 10.6. The van der Waals surface area contributed by atoms with Crippen molar-refractivity contribution in [1.29, 1.82) is 0 Å². The summed E-state index contributed by atoms with van der Waals surface area (Å²) in [5.74, 6) is -0.00713. The molecule has 1 heterocycles. The van der Waals surface area contributed by atoms with Crippen molar-refractivity contribution in [3.63, 3.8) is 0 Å². The Morgan fingerprint density at radius 3 is 2.65 bits per heavy atom. The van der Waals surface area contributed by atoms with Gasteiger partial charge in [0, 0.05) is 0 Å². The summed E-state index contributed by atoms with van der Waals surface area (Å²) in [6, 6.07) is 3.88. The highest BCUT2D eigenvalue weighted by Crippen LogP contribution is 2.25. The topological polar surface area (TPSA) is 58.1 Å². The Hall–Kier alpha value is -1.24. The molecule has 0 spiro atoms. The Morgan fingerprint density at radius 1 is 1.30 bits per heavy atom. The summed E-state index contributed by atoms with van der Waals surface area (Å²) in [6.07, 6.45) is 0. The number of nitrogens with zero attached hydrogens (tertiary/aromatic N) is 3. The van der Waals surface area contributed by atoms with Gasteiger partial charge in [-0.25, -0.2) is 0 Å². The lowest BCUT2D eigenvalue weighted by molar-refractivity contribution is -0.117. The number of aryl methyl sites for hydroxylation is 1. The van der Waals surface area contributed by atoms with Crippen LogP contribution in [0.5, 0.6) is 0 Å². The van der Waals surface area contributed by atoms with Gasteiger partial charge in [-0.1, -0.05) is 19.9 Å². The fraction of sp³-hybridized carbons (Fsp3) is 0.462. The van der Waals surface area contributed by atoms with E-state index in [1.807, 2.05) is 32.9 Å². The van der Waals surface area contributed by atoms with Crippen LogP contribution in [0.25, 0.3) is 11.0 Å². The van der Waals surface area contributed by atoms with Gasteiger partial charge >= 0.3 is 0 Å². The number of likely N-dealkylation sites (N-methyl/N-ethyl adjacent to an activating group) is 1. The van der Waals surface area contributed by atoms with Crippen LogP contribution in [0.1, 0.15) is 19.4 Å². The Morgan fingerprint density at radius 2 is 2.00 bits per heavy atom. The van der Waals surface area contributed by atoms with Gasteiger partial charge in [-0.15, -0.1) is 12.4 Å². The van der Waals surface area contributed by atoms with Crippen molar-refractivity contribution in [2.45, 2.75) is 20.8 Å². The molecule has 5 nitrogen and oxygen atoms in total. The second kappa shape index (κ2) is 7.52. The highest BCUT2D eigenvalue weighted by atomic mass is 35.5. The second-order valence-electron chi connectivity index (χ2n) is 4.40. The third-order valence-corrected chi connectivity index (χ3v) is 3.70. The van der Waals surface area contributed by atoms with E-state index in [0.29, 0.717) is 6.54 Å². The molecule has 0 saturated carbocycles. The minimum atomic E-state index is -0.00713. The fourth-order valence-corrected chi connectivity index (χ4v) is 2.48. The third-order valence-electron chi connectivity index (χ3n) is 3.16. The van der Waals surface area contributed by atoms with Crippen LogP contribution in [-0.2, 0) is 4.79 Å². The summed E-state index contributed by atoms with van der Waals surface area (Å²) in [5.41, 5.74) is 3.39. The first-order chi connectivity index (χ1) is 9.15. The Labute approximate surface area is 129 Å². The first kappa shape index (κ1) is 16.8. The van der Waals surface area contributed by atoms with Crippen LogP contribution >= 0.6 is 24.1 Å². The van der Waals surface area contributed by atoms with E-state index < -0.39 is 0 Å². The van der Waals surface area contributed by atoms with Gasteiger partial charge in [-0.2, -0.15) is 8.75 Å². The highest BCUT2D eigenvalue weighted by molar-refractivity contribution is 7.00. The van der Waals surface area contributed by atoms with Crippen LogP contribution in [0, 0.1) is 6.92 Å². The van der Waals surface area contributed by atoms with Crippen molar-refractivity contribution in [2.75, 3.05) is 25.0 Å². The van der Waals surface area contributed by atoms with Crippen molar-refractivity contribution in [3.05, 3.63) is 17.7 Å². The predicted octanol–water partition coefficient (Wildman–Crippen LogP) is 2.70. The van der Waals surface area contributed by atoms with Crippen molar-refractivity contribution in [3.8, 4) is 0 Å². The molecule has 0 aliphatic carbocycles. The van der Waals surface area contributed by atoms with Gasteiger partial charge in [0.15, 0.2) is 0 Å². The van der Waals surface area contributed by atoms with Crippen LogP contribution in [-0.4, -0.2) is 39.2 Å². The van der Waals surface area contributed by atoms with E-state index in [1.165, 1.54) is 0 Å². The monoisotopic (exact) mass is 314 g/mol. The van der Waals surface area contributed by atoms with Gasteiger partial charge in [0.05, 0.1) is 24.0 Å². The van der Waals surface area contributed by atoms with Crippen molar-refractivity contribution >= 4 is 46.8 Å². The molecule has 1 N–H and O–H groups in total. The zero-order valence-corrected chi connectivity index (χ0v) is 13.5. The molecule has 0 unspecified atom stereocenters. The molecule has 0 atom stereocenters. The molecule has 1 amide bonds. The van der Waals surface area contributed by atoms with Crippen LogP contribution in [0.2, 0.25) is 0 Å². The predicted molar refractivity (Wildman–Crippen MR) is 85.8 cm³/mol. The summed E-state index contributed by atoms with van der Waals surface area (Å²) in [6.45, 7) is 8.20. The lowest BCUT2D eigenvalue weighted by Gasteiger charge is -2.17. The Balaban J connectivity index is 0.00000200. The van der Waals surface area contributed by atoms with Gasteiger partial charge in [0.1, 0.15) is 11.0 Å².